The van der Waals surface area contributed by atoms with Crippen LogP contribution in [-0.2, 0) is 10.0 Å². The predicted molar refractivity (Wildman–Crippen MR) is 70.6 cm³/mol. The van der Waals surface area contributed by atoms with E-state index in [1.54, 1.807) is 35.1 Å². The Balaban J connectivity index is 2.24. The summed E-state index contributed by atoms with van der Waals surface area (Å²) >= 11 is 0. The van der Waals surface area contributed by atoms with Crippen LogP contribution in [0.5, 0.6) is 0 Å². The summed E-state index contributed by atoms with van der Waals surface area (Å²) in [4.78, 5) is 11.6. The Morgan fingerprint density at radius 1 is 1.21 bits per heavy atom. The summed E-state index contributed by atoms with van der Waals surface area (Å²) in [5.74, 6) is -0.647. The monoisotopic (exact) mass is 279 g/mol. The Kier molecular flexibility index (Phi) is 3.39. The maximum atomic E-state index is 11.6. The number of benzene rings is 1. The molecule has 1 N–H and O–H groups in total. The van der Waals surface area contributed by atoms with Crippen LogP contribution in [0.3, 0.4) is 0 Å². The third-order valence-corrected chi connectivity index (χ3v) is 3.04. The highest BCUT2D eigenvalue weighted by Crippen LogP contribution is 2.11. The molecule has 0 bridgehead atoms. The number of hydrogen-bond donors (Lipinski definition) is 1. The molecule has 7 heteroatoms. The Labute approximate surface area is 111 Å². The van der Waals surface area contributed by atoms with E-state index in [9.17, 15) is 13.2 Å². The molecule has 0 aliphatic rings. The van der Waals surface area contributed by atoms with E-state index in [2.05, 4.69) is 5.10 Å². The van der Waals surface area contributed by atoms with Crippen LogP contribution >= 0.6 is 0 Å². The number of aryl methyl sites for hydroxylation is 1. The molecule has 100 valence electrons. The fourth-order valence-electron chi connectivity index (χ4n) is 1.62. The number of rotatable bonds is 3. The summed E-state index contributed by atoms with van der Waals surface area (Å²) in [6.45, 7) is 1.91. The smallest absolute Gasteiger partial charge is 0.264 e. The zero-order chi connectivity index (χ0) is 14.0. The van der Waals surface area contributed by atoms with Crippen LogP contribution in [0.2, 0.25) is 0 Å². The Morgan fingerprint density at radius 2 is 1.84 bits per heavy atom. The van der Waals surface area contributed by atoms with Gasteiger partial charge in [0.05, 0.1) is 11.9 Å². The Hall–Kier alpha value is -2.15. The van der Waals surface area contributed by atoms with E-state index in [1.165, 1.54) is 0 Å². The van der Waals surface area contributed by atoms with Gasteiger partial charge in [-0.25, -0.2) is 17.8 Å². The Morgan fingerprint density at radius 3 is 2.32 bits per heavy atom. The lowest BCUT2D eigenvalue weighted by molar-refractivity contribution is 0.0981. The van der Waals surface area contributed by atoms with Gasteiger partial charge in [-0.15, -0.1) is 0 Å². The number of carbonyl (C=O) groups is 1. The van der Waals surface area contributed by atoms with E-state index in [4.69, 9.17) is 0 Å². The normalized spacial score (nSPS) is 11.3. The lowest BCUT2D eigenvalue weighted by Crippen LogP contribution is -2.29. The van der Waals surface area contributed by atoms with Gasteiger partial charge in [-0.2, -0.15) is 5.10 Å². The zero-order valence-corrected chi connectivity index (χ0v) is 11.3. The lowest BCUT2D eigenvalue weighted by atomic mass is 10.2. The Bertz CT molecular complexity index is 702. The maximum Gasteiger partial charge on any atom is 0.264 e. The standard InChI is InChI=1S/C12H13N3O3S/c1-9-7-8-13-15(9)11-5-3-10(4-6-11)12(16)14-19(2,17)18/h3-8H,1-2H3,(H,14,16). The molecular formula is C12H13N3O3S. The van der Waals surface area contributed by atoms with E-state index in [0.717, 1.165) is 17.6 Å². The van der Waals surface area contributed by atoms with E-state index in [0.29, 0.717) is 0 Å². The van der Waals surface area contributed by atoms with Crippen molar-refractivity contribution in [2.75, 3.05) is 6.26 Å². The second kappa shape index (κ2) is 4.85. The number of sulfonamides is 1. The van der Waals surface area contributed by atoms with Crippen molar-refractivity contribution >= 4 is 15.9 Å². The van der Waals surface area contributed by atoms with Crippen LogP contribution in [0.15, 0.2) is 36.5 Å². The molecule has 2 rings (SSSR count). The molecule has 0 atom stereocenters. The average molecular weight is 279 g/mol. The molecule has 0 aliphatic carbocycles. The third kappa shape index (κ3) is 3.19. The van der Waals surface area contributed by atoms with Crippen LogP contribution in [-0.4, -0.2) is 30.4 Å². The predicted octanol–water partition coefficient (Wildman–Crippen LogP) is 0.870. The van der Waals surface area contributed by atoms with Gasteiger partial charge in [0.15, 0.2) is 0 Å². The lowest BCUT2D eigenvalue weighted by Gasteiger charge is -2.06. The first kappa shape index (κ1) is 13.3. The van der Waals surface area contributed by atoms with Gasteiger partial charge in [-0.05, 0) is 37.3 Å². The molecule has 1 amide bonds. The first-order valence-corrected chi connectivity index (χ1v) is 7.39. The van der Waals surface area contributed by atoms with Gasteiger partial charge in [-0.3, -0.25) is 4.79 Å². The van der Waals surface area contributed by atoms with Crippen LogP contribution < -0.4 is 4.72 Å². The van der Waals surface area contributed by atoms with Gasteiger partial charge in [0, 0.05) is 17.5 Å². The van der Waals surface area contributed by atoms with Crippen molar-refractivity contribution in [1.82, 2.24) is 14.5 Å². The molecule has 0 fully saturated rings. The summed E-state index contributed by atoms with van der Waals surface area (Å²) in [5.41, 5.74) is 2.05. The third-order valence-electron chi connectivity index (χ3n) is 2.48. The van der Waals surface area contributed by atoms with Gasteiger partial charge in [0.1, 0.15) is 0 Å². The van der Waals surface area contributed by atoms with E-state index in [-0.39, 0.29) is 5.56 Å². The van der Waals surface area contributed by atoms with Gasteiger partial charge < -0.3 is 0 Å². The molecule has 1 heterocycles. The summed E-state index contributed by atoms with van der Waals surface area (Å²) < 4.78 is 25.6. The molecule has 0 aliphatic heterocycles. The molecule has 1 aromatic carbocycles. The summed E-state index contributed by atoms with van der Waals surface area (Å²) in [7, 11) is -3.55. The van der Waals surface area contributed by atoms with Gasteiger partial charge in [0.25, 0.3) is 5.91 Å². The minimum atomic E-state index is -3.55. The molecule has 0 radical (unpaired) electrons. The first-order valence-electron chi connectivity index (χ1n) is 5.50. The molecule has 0 saturated heterocycles. The van der Waals surface area contributed by atoms with Crippen molar-refractivity contribution in [3.05, 3.63) is 47.8 Å². The fourth-order valence-corrected chi connectivity index (χ4v) is 2.08. The molecule has 1 aromatic heterocycles. The van der Waals surface area contributed by atoms with Crippen molar-refractivity contribution in [2.24, 2.45) is 0 Å². The quantitative estimate of drug-likeness (QED) is 0.904. The average Bonchev–Trinajstić information content (AvgIpc) is 2.73. The number of nitrogens with one attached hydrogen (secondary N) is 1. The largest absolute Gasteiger partial charge is 0.268 e. The molecule has 0 saturated carbocycles. The minimum absolute atomic E-state index is 0.277. The highest BCUT2D eigenvalue weighted by molar-refractivity contribution is 7.89. The van der Waals surface area contributed by atoms with Crippen LogP contribution in [0, 0.1) is 6.92 Å². The van der Waals surface area contributed by atoms with Crippen LogP contribution in [0.25, 0.3) is 5.69 Å². The first-order chi connectivity index (χ1) is 8.87. The van der Waals surface area contributed by atoms with Crippen molar-refractivity contribution in [2.45, 2.75) is 6.92 Å². The van der Waals surface area contributed by atoms with E-state index < -0.39 is 15.9 Å². The molecule has 6 nitrogen and oxygen atoms in total. The van der Waals surface area contributed by atoms with Crippen LogP contribution in [0.4, 0.5) is 0 Å². The van der Waals surface area contributed by atoms with Gasteiger partial charge in [0.2, 0.25) is 10.0 Å². The maximum absolute atomic E-state index is 11.6. The van der Waals surface area contributed by atoms with Gasteiger partial charge >= 0.3 is 0 Å². The topological polar surface area (TPSA) is 81.1 Å². The minimum Gasteiger partial charge on any atom is -0.268 e. The zero-order valence-electron chi connectivity index (χ0n) is 10.5. The summed E-state index contributed by atoms with van der Waals surface area (Å²) in [6.07, 6.45) is 2.62. The number of hydrogen-bond acceptors (Lipinski definition) is 4. The van der Waals surface area contributed by atoms with Crippen molar-refractivity contribution < 1.29 is 13.2 Å². The highest BCUT2D eigenvalue weighted by Gasteiger charge is 2.11. The number of nitrogens with zero attached hydrogens (tertiary/aromatic N) is 2. The van der Waals surface area contributed by atoms with E-state index in [1.807, 2.05) is 17.7 Å². The van der Waals surface area contributed by atoms with E-state index >= 15 is 0 Å². The van der Waals surface area contributed by atoms with Crippen molar-refractivity contribution in [1.29, 1.82) is 0 Å². The summed E-state index contributed by atoms with van der Waals surface area (Å²) in [6, 6.07) is 8.38. The number of amides is 1. The highest BCUT2D eigenvalue weighted by atomic mass is 32.2. The summed E-state index contributed by atoms with van der Waals surface area (Å²) in [5, 5.41) is 4.14. The second-order valence-corrected chi connectivity index (χ2v) is 5.88. The number of aromatic nitrogens is 2. The van der Waals surface area contributed by atoms with Gasteiger partial charge in [-0.1, -0.05) is 0 Å². The molecule has 2 aromatic rings. The van der Waals surface area contributed by atoms with Crippen molar-refractivity contribution in [3.8, 4) is 5.69 Å². The molecule has 0 unspecified atom stereocenters. The van der Waals surface area contributed by atoms with Crippen LogP contribution in [0.1, 0.15) is 16.1 Å². The van der Waals surface area contributed by atoms with Crippen molar-refractivity contribution in [3.63, 3.8) is 0 Å². The SMILES string of the molecule is Cc1ccnn1-c1ccc(C(=O)NS(C)(=O)=O)cc1. The number of carbonyl (C=O) groups excluding carboxylic acids is 1. The second-order valence-electron chi connectivity index (χ2n) is 4.13. The fraction of sp³-hybridized carbons (Fsp3) is 0.167. The molecule has 19 heavy (non-hydrogen) atoms. The molecule has 0 spiro atoms. The molecular weight excluding hydrogens is 266 g/mol.